The number of hydrogen-bond acceptors (Lipinski definition) is 3. The van der Waals surface area contributed by atoms with Gasteiger partial charge in [-0.15, -0.1) is 0 Å². The molecule has 1 aliphatic heterocycles. The fourth-order valence-corrected chi connectivity index (χ4v) is 2.63. The van der Waals surface area contributed by atoms with Gasteiger partial charge in [0, 0.05) is 49.5 Å². The van der Waals surface area contributed by atoms with Crippen LogP contribution in [0.15, 0.2) is 29.4 Å². The minimum atomic E-state index is 0.682. The van der Waals surface area contributed by atoms with Gasteiger partial charge in [-0.3, -0.25) is 9.98 Å². The van der Waals surface area contributed by atoms with E-state index in [9.17, 15) is 0 Å². The minimum absolute atomic E-state index is 0.682. The fourth-order valence-electron chi connectivity index (χ4n) is 1.72. The van der Waals surface area contributed by atoms with E-state index in [0.717, 1.165) is 36.7 Å². The normalized spacial score (nSPS) is 17.2. The number of aromatic nitrogens is 1. The molecule has 0 saturated carbocycles. The Morgan fingerprint density at radius 2 is 2.24 bits per heavy atom. The van der Waals surface area contributed by atoms with E-state index < -0.39 is 0 Å². The molecule has 0 spiro atoms. The Kier molecular flexibility index (Phi) is 4.67. The summed E-state index contributed by atoms with van der Waals surface area (Å²) in [6.07, 6.45) is 2.66. The second-order valence-corrected chi connectivity index (χ2v) is 5.14. The monoisotopic (exact) mass is 250 g/mol. The van der Waals surface area contributed by atoms with Gasteiger partial charge in [0.25, 0.3) is 0 Å². The summed E-state index contributed by atoms with van der Waals surface area (Å²) >= 11 is 1.97. The lowest BCUT2D eigenvalue weighted by Crippen LogP contribution is -2.42. The first kappa shape index (κ1) is 12.2. The minimum Gasteiger partial charge on any atom is -0.370 e. The molecule has 0 unspecified atom stereocenters. The molecule has 1 aromatic heterocycles. The molecule has 1 saturated heterocycles. The molecule has 17 heavy (non-hydrogen) atoms. The third-order valence-corrected chi connectivity index (χ3v) is 3.65. The molecule has 92 valence electrons. The lowest BCUT2D eigenvalue weighted by molar-refractivity contribution is 0.456. The second-order valence-electron chi connectivity index (χ2n) is 3.91. The summed E-state index contributed by atoms with van der Waals surface area (Å²) < 4.78 is 0. The van der Waals surface area contributed by atoms with Crippen LogP contribution < -0.4 is 5.73 Å². The third kappa shape index (κ3) is 3.93. The Balaban J connectivity index is 1.79. The van der Waals surface area contributed by atoms with E-state index in [2.05, 4.69) is 14.9 Å². The van der Waals surface area contributed by atoms with Crippen molar-refractivity contribution in [2.75, 3.05) is 31.1 Å². The van der Waals surface area contributed by atoms with Crippen molar-refractivity contribution >= 4 is 17.7 Å². The molecular weight excluding hydrogens is 232 g/mol. The Morgan fingerprint density at radius 3 is 2.94 bits per heavy atom. The molecule has 2 rings (SSSR count). The molecular formula is C12H18N4S. The summed E-state index contributed by atoms with van der Waals surface area (Å²) in [5.41, 5.74) is 7.03. The quantitative estimate of drug-likeness (QED) is 0.642. The SMILES string of the molecule is NC(=NCCc1ccccn1)N1CCSCC1. The van der Waals surface area contributed by atoms with E-state index in [4.69, 9.17) is 5.73 Å². The van der Waals surface area contributed by atoms with Crippen LogP contribution in [0.5, 0.6) is 0 Å². The maximum atomic E-state index is 5.96. The van der Waals surface area contributed by atoms with Crippen molar-refractivity contribution in [2.24, 2.45) is 10.7 Å². The van der Waals surface area contributed by atoms with Crippen LogP contribution >= 0.6 is 11.8 Å². The summed E-state index contributed by atoms with van der Waals surface area (Å²) in [5, 5.41) is 0. The maximum Gasteiger partial charge on any atom is 0.191 e. The molecule has 2 heterocycles. The standard InChI is InChI=1S/C12H18N4S/c13-12(16-7-9-17-10-8-16)15-6-4-11-3-1-2-5-14-11/h1-3,5H,4,6-10H2,(H2,13,15). The van der Waals surface area contributed by atoms with Gasteiger partial charge >= 0.3 is 0 Å². The molecule has 0 aliphatic carbocycles. The predicted octanol–water partition coefficient (Wildman–Crippen LogP) is 0.988. The zero-order chi connectivity index (χ0) is 11.9. The second kappa shape index (κ2) is 6.49. The van der Waals surface area contributed by atoms with Gasteiger partial charge in [-0.05, 0) is 12.1 Å². The van der Waals surface area contributed by atoms with Crippen LogP contribution in [0.25, 0.3) is 0 Å². The number of pyridine rings is 1. The van der Waals surface area contributed by atoms with E-state index in [-0.39, 0.29) is 0 Å². The highest BCUT2D eigenvalue weighted by Gasteiger charge is 2.11. The molecule has 0 bridgehead atoms. The Bertz CT molecular complexity index is 360. The molecule has 1 aromatic rings. The van der Waals surface area contributed by atoms with Gasteiger partial charge in [0.2, 0.25) is 0 Å². The van der Waals surface area contributed by atoms with E-state index in [1.54, 1.807) is 0 Å². The number of guanidine groups is 1. The van der Waals surface area contributed by atoms with Crippen molar-refractivity contribution in [3.8, 4) is 0 Å². The highest BCUT2D eigenvalue weighted by atomic mass is 32.2. The number of nitrogens with zero attached hydrogens (tertiary/aromatic N) is 3. The van der Waals surface area contributed by atoms with Crippen LogP contribution in [0.3, 0.4) is 0 Å². The summed E-state index contributed by atoms with van der Waals surface area (Å²) in [7, 11) is 0. The van der Waals surface area contributed by atoms with E-state index in [1.807, 2.05) is 36.2 Å². The third-order valence-electron chi connectivity index (χ3n) is 2.70. The van der Waals surface area contributed by atoms with Gasteiger partial charge in [-0.1, -0.05) is 6.07 Å². The largest absolute Gasteiger partial charge is 0.370 e. The number of nitrogens with two attached hydrogens (primary N) is 1. The van der Waals surface area contributed by atoms with Gasteiger partial charge in [-0.2, -0.15) is 11.8 Å². The van der Waals surface area contributed by atoms with Gasteiger partial charge in [0.05, 0.1) is 0 Å². The highest BCUT2D eigenvalue weighted by molar-refractivity contribution is 7.99. The van der Waals surface area contributed by atoms with Crippen LogP contribution in [0.2, 0.25) is 0 Å². The van der Waals surface area contributed by atoms with Crippen LogP contribution in [0, 0.1) is 0 Å². The lowest BCUT2D eigenvalue weighted by Gasteiger charge is -2.27. The van der Waals surface area contributed by atoms with Crippen molar-refractivity contribution < 1.29 is 0 Å². The average Bonchev–Trinajstić information content (AvgIpc) is 2.41. The Labute approximate surface area is 106 Å². The first-order valence-electron chi connectivity index (χ1n) is 5.89. The predicted molar refractivity (Wildman–Crippen MR) is 73.3 cm³/mol. The van der Waals surface area contributed by atoms with Gasteiger partial charge in [0.1, 0.15) is 0 Å². The number of hydrogen-bond donors (Lipinski definition) is 1. The van der Waals surface area contributed by atoms with Crippen LogP contribution in [0.4, 0.5) is 0 Å². The molecule has 2 N–H and O–H groups in total. The van der Waals surface area contributed by atoms with E-state index in [1.165, 1.54) is 0 Å². The van der Waals surface area contributed by atoms with E-state index >= 15 is 0 Å². The van der Waals surface area contributed by atoms with Gasteiger partial charge in [0.15, 0.2) is 5.96 Å². The average molecular weight is 250 g/mol. The molecule has 1 fully saturated rings. The first-order chi connectivity index (χ1) is 8.36. The van der Waals surface area contributed by atoms with Gasteiger partial charge < -0.3 is 10.6 Å². The van der Waals surface area contributed by atoms with Gasteiger partial charge in [-0.25, -0.2) is 0 Å². The van der Waals surface area contributed by atoms with Crippen molar-refractivity contribution in [1.82, 2.24) is 9.88 Å². The zero-order valence-corrected chi connectivity index (χ0v) is 10.7. The topological polar surface area (TPSA) is 54.5 Å². The molecule has 1 aliphatic rings. The van der Waals surface area contributed by atoms with Crippen molar-refractivity contribution in [3.63, 3.8) is 0 Å². The smallest absolute Gasteiger partial charge is 0.191 e. The molecule has 4 nitrogen and oxygen atoms in total. The van der Waals surface area contributed by atoms with Crippen molar-refractivity contribution in [3.05, 3.63) is 30.1 Å². The molecule has 0 amide bonds. The first-order valence-corrected chi connectivity index (χ1v) is 7.04. The van der Waals surface area contributed by atoms with Crippen molar-refractivity contribution in [1.29, 1.82) is 0 Å². The fraction of sp³-hybridized carbons (Fsp3) is 0.500. The molecule has 0 radical (unpaired) electrons. The summed E-state index contributed by atoms with van der Waals surface area (Å²) in [4.78, 5) is 10.8. The summed E-state index contributed by atoms with van der Waals surface area (Å²) in [6.45, 7) is 2.75. The lowest BCUT2D eigenvalue weighted by atomic mass is 10.3. The van der Waals surface area contributed by atoms with Crippen LogP contribution in [-0.2, 0) is 6.42 Å². The number of aliphatic imine (C=N–C) groups is 1. The van der Waals surface area contributed by atoms with Crippen LogP contribution in [0.1, 0.15) is 5.69 Å². The molecule has 5 heteroatoms. The summed E-state index contributed by atoms with van der Waals surface area (Å²) in [6, 6.07) is 5.94. The molecule has 0 aromatic carbocycles. The zero-order valence-electron chi connectivity index (χ0n) is 9.88. The number of rotatable bonds is 3. The molecule has 0 atom stereocenters. The maximum absolute atomic E-state index is 5.96. The Hall–Kier alpha value is -1.23. The highest BCUT2D eigenvalue weighted by Crippen LogP contribution is 2.08. The summed E-state index contributed by atoms with van der Waals surface area (Å²) in [5.74, 6) is 2.98. The Morgan fingerprint density at radius 1 is 1.41 bits per heavy atom. The van der Waals surface area contributed by atoms with Crippen LogP contribution in [-0.4, -0.2) is 47.0 Å². The van der Waals surface area contributed by atoms with Crippen molar-refractivity contribution in [2.45, 2.75) is 6.42 Å². The van der Waals surface area contributed by atoms with E-state index in [0.29, 0.717) is 12.5 Å². The number of thioether (sulfide) groups is 1.